The quantitative estimate of drug-likeness (QED) is 0.289. The van der Waals surface area contributed by atoms with Gasteiger partial charge in [-0.3, -0.25) is 14.4 Å². The third-order valence-corrected chi connectivity index (χ3v) is 4.79. The summed E-state index contributed by atoms with van der Waals surface area (Å²) in [5.41, 5.74) is 0.457. The van der Waals surface area contributed by atoms with Crippen molar-refractivity contribution < 1.29 is 28.7 Å². The number of ether oxygens (including phenoxy) is 2. The number of unbranched alkanes of at least 4 members (excludes halogenated alkanes) is 2. The van der Waals surface area contributed by atoms with Crippen molar-refractivity contribution in [1.29, 1.82) is 0 Å². The molecule has 0 saturated heterocycles. The van der Waals surface area contributed by atoms with Crippen molar-refractivity contribution in [3.63, 3.8) is 0 Å². The normalized spacial score (nSPS) is 12.7. The Bertz CT molecular complexity index is 677. The van der Waals surface area contributed by atoms with Crippen LogP contribution >= 0.6 is 0 Å². The second-order valence-corrected chi connectivity index (χ2v) is 6.81. The zero-order chi connectivity index (χ0) is 21.1. The van der Waals surface area contributed by atoms with Crippen LogP contribution in [0.15, 0.2) is 24.3 Å². The molecular formula is C22H30O6. The lowest BCUT2D eigenvalue weighted by Gasteiger charge is -2.14. The maximum absolute atomic E-state index is 12.2. The van der Waals surface area contributed by atoms with E-state index in [4.69, 9.17) is 9.47 Å². The molecule has 6 heteroatoms. The second kappa shape index (κ2) is 12.1. The van der Waals surface area contributed by atoms with Gasteiger partial charge in [-0.2, -0.15) is 0 Å². The van der Waals surface area contributed by atoms with Crippen molar-refractivity contribution in [2.45, 2.75) is 52.9 Å². The molecule has 2 unspecified atom stereocenters. The van der Waals surface area contributed by atoms with Crippen LogP contribution in [0.1, 0.15) is 63.2 Å². The standard InChI is InChI=1S/C22H30O6/c1-5-19(23)15(2)21(25)16(3)20(24)9-7-6-8-14-28-22(26)17-10-12-18(27-4)13-11-17/h10-13,15-16H,5-9,14H2,1-4H3. The van der Waals surface area contributed by atoms with E-state index in [-0.39, 0.29) is 30.4 Å². The number of hydrogen-bond acceptors (Lipinski definition) is 6. The van der Waals surface area contributed by atoms with Crippen LogP contribution in [-0.4, -0.2) is 37.0 Å². The van der Waals surface area contributed by atoms with Crippen LogP contribution in [0.25, 0.3) is 0 Å². The van der Waals surface area contributed by atoms with Crippen LogP contribution in [-0.2, 0) is 19.1 Å². The lowest BCUT2D eigenvalue weighted by molar-refractivity contribution is -0.137. The van der Waals surface area contributed by atoms with Gasteiger partial charge in [0.25, 0.3) is 0 Å². The first-order chi connectivity index (χ1) is 13.3. The van der Waals surface area contributed by atoms with E-state index in [1.165, 1.54) is 0 Å². The summed E-state index contributed by atoms with van der Waals surface area (Å²) in [7, 11) is 1.56. The summed E-state index contributed by atoms with van der Waals surface area (Å²) in [5, 5.41) is 0. The molecule has 0 spiro atoms. The molecule has 0 aliphatic rings. The molecular weight excluding hydrogens is 360 g/mol. The molecule has 1 aromatic carbocycles. The van der Waals surface area contributed by atoms with E-state index in [9.17, 15) is 19.2 Å². The summed E-state index contributed by atoms with van der Waals surface area (Å²) >= 11 is 0. The fourth-order valence-electron chi connectivity index (χ4n) is 2.77. The highest BCUT2D eigenvalue weighted by Crippen LogP contribution is 2.15. The molecule has 1 rings (SSSR count). The first kappa shape index (κ1) is 23.5. The first-order valence-electron chi connectivity index (χ1n) is 9.72. The number of hydrogen-bond donors (Lipinski definition) is 0. The summed E-state index contributed by atoms with van der Waals surface area (Å²) < 4.78 is 10.2. The van der Waals surface area contributed by atoms with Gasteiger partial charge in [-0.15, -0.1) is 0 Å². The Kier molecular flexibility index (Phi) is 10.1. The number of rotatable bonds is 13. The number of esters is 1. The molecule has 6 nitrogen and oxygen atoms in total. The molecule has 0 aliphatic carbocycles. The predicted octanol–water partition coefficient (Wildman–Crippen LogP) is 3.80. The molecule has 154 valence electrons. The molecule has 28 heavy (non-hydrogen) atoms. The van der Waals surface area contributed by atoms with Gasteiger partial charge >= 0.3 is 5.97 Å². The van der Waals surface area contributed by atoms with E-state index < -0.39 is 17.8 Å². The number of benzene rings is 1. The molecule has 0 fully saturated rings. The van der Waals surface area contributed by atoms with E-state index in [2.05, 4.69) is 0 Å². The van der Waals surface area contributed by atoms with Gasteiger partial charge in [-0.05, 0) is 57.4 Å². The van der Waals surface area contributed by atoms with Crippen LogP contribution in [0, 0.1) is 11.8 Å². The van der Waals surface area contributed by atoms with Gasteiger partial charge in [0.2, 0.25) is 0 Å². The summed E-state index contributed by atoms with van der Waals surface area (Å²) in [5.74, 6) is -1.78. The summed E-state index contributed by atoms with van der Waals surface area (Å²) in [4.78, 5) is 47.8. The minimum absolute atomic E-state index is 0.136. The van der Waals surface area contributed by atoms with Crippen molar-refractivity contribution in [2.75, 3.05) is 13.7 Å². The average molecular weight is 390 g/mol. The minimum atomic E-state index is -0.751. The van der Waals surface area contributed by atoms with Crippen molar-refractivity contribution in [3.05, 3.63) is 29.8 Å². The number of methoxy groups -OCH3 is 1. The largest absolute Gasteiger partial charge is 0.497 e. The summed E-state index contributed by atoms with van der Waals surface area (Å²) in [6.07, 6.45) is 2.55. The van der Waals surface area contributed by atoms with Gasteiger partial charge in [0, 0.05) is 12.8 Å². The van der Waals surface area contributed by atoms with Gasteiger partial charge in [0.05, 0.1) is 31.1 Å². The number of carbonyl (C=O) groups is 4. The molecule has 0 N–H and O–H groups in total. The van der Waals surface area contributed by atoms with Gasteiger partial charge < -0.3 is 9.47 Å². The van der Waals surface area contributed by atoms with Crippen molar-refractivity contribution in [2.24, 2.45) is 11.8 Å². The SMILES string of the molecule is CCC(=O)C(C)C(=O)C(C)C(=O)CCCCCOC(=O)c1ccc(OC)cc1. The summed E-state index contributed by atoms with van der Waals surface area (Å²) in [6, 6.07) is 6.67. The Labute approximate surface area is 166 Å². The highest BCUT2D eigenvalue weighted by atomic mass is 16.5. The molecule has 0 amide bonds. The third-order valence-electron chi connectivity index (χ3n) is 4.79. The molecule has 2 atom stereocenters. The maximum atomic E-state index is 12.2. The van der Waals surface area contributed by atoms with E-state index >= 15 is 0 Å². The van der Waals surface area contributed by atoms with Gasteiger partial charge in [-0.1, -0.05) is 6.92 Å². The highest BCUT2D eigenvalue weighted by Gasteiger charge is 2.28. The molecule has 0 radical (unpaired) electrons. The zero-order valence-electron chi connectivity index (χ0n) is 17.2. The Morgan fingerprint density at radius 1 is 0.893 bits per heavy atom. The number of carbonyl (C=O) groups excluding carboxylic acids is 4. The number of ketones is 3. The predicted molar refractivity (Wildman–Crippen MR) is 105 cm³/mol. The Morgan fingerprint density at radius 3 is 2.07 bits per heavy atom. The fourth-order valence-corrected chi connectivity index (χ4v) is 2.77. The van der Waals surface area contributed by atoms with E-state index in [0.29, 0.717) is 37.0 Å². The van der Waals surface area contributed by atoms with E-state index in [1.54, 1.807) is 52.1 Å². The zero-order valence-corrected chi connectivity index (χ0v) is 17.2. The van der Waals surface area contributed by atoms with Crippen LogP contribution in [0.3, 0.4) is 0 Å². The van der Waals surface area contributed by atoms with Crippen molar-refractivity contribution in [1.82, 2.24) is 0 Å². The highest BCUT2D eigenvalue weighted by molar-refractivity contribution is 6.11. The topological polar surface area (TPSA) is 86.7 Å². The van der Waals surface area contributed by atoms with Crippen molar-refractivity contribution in [3.8, 4) is 5.75 Å². The molecule has 0 bridgehead atoms. The van der Waals surface area contributed by atoms with Gasteiger partial charge in [-0.25, -0.2) is 4.79 Å². The van der Waals surface area contributed by atoms with Gasteiger partial charge in [0.1, 0.15) is 17.3 Å². The summed E-state index contributed by atoms with van der Waals surface area (Å²) in [6.45, 7) is 5.12. The Hall–Kier alpha value is -2.50. The molecule has 0 aromatic heterocycles. The molecule has 0 saturated carbocycles. The van der Waals surface area contributed by atoms with Crippen LogP contribution in [0.2, 0.25) is 0 Å². The van der Waals surface area contributed by atoms with E-state index in [0.717, 1.165) is 0 Å². The number of Topliss-reactive ketones (excluding diaryl/α,β-unsaturated/α-hetero) is 3. The Balaban J connectivity index is 2.25. The van der Waals surface area contributed by atoms with E-state index in [1.807, 2.05) is 0 Å². The molecule has 0 heterocycles. The van der Waals surface area contributed by atoms with Gasteiger partial charge in [0.15, 0.2) is 5.78 Å². The minimum Gasteiger partial charge on any atom is -0.497 e. The first-order valence-corrected chi connectivity index (χ1v) is 9.72. The average Bonchev–Trinajstić information content (AvgIpc) is 2.73. The van der Waals surface area contributed by atoms with Crippen LogP contribution in [0.5, 0.6) is 5.75 Å². The Morgan fingerprint density at radius 2 is 1.50 bits per heavy atom. The van der Waals surface area contributed by atoms with Crippen molar-refractivity contribution >= 4 is 23.3 Å². The smallest absolute Gasteiger partial charge is 0.338 e. The molecule has 1 aromatic rings. The second-order valence-electron chi connectivity index (χ2n) is 6.81. The van der Waals surface area contributed by atoms with Crippen LogP contribution < -0.4 is 4.74 Å². The fraction of sp³-hybridized carbons (Fsp3) is 0.545. The molecule has 0 aliphatic heterocycles. The third kappa shape index (κ3) is 7.25. The monoisotopic (exact) mass is 390 g/mol. The van der Waals surface area contributed by atoms with Crippen LogP contribution in [0.4, 0.5) is 0 Å². The maximum Gasteiger partial charge on any atom is 0.338 e. The lowest BCUT2D eigenvalue weighted by Crippen LogP contribution is -2.30. The lowest BCUT2D eigenvalue weighted by atomic mass is 9.87.